The van der Waals surface area contributed by atoms with E-state index >= 15 is 0 Å². The molecule has 15 heavy (non-hydrogen) atoms. The molecule has 0 aromatic carbocycles. The van der Waals surface area contributed by atoms with Crippen LogP contribution in [0, 0.1) is 11.3 Å². The molecule has 0 bridgehead atoms. The zero-order valence-electron chi connectivity index (χ0n) is 10.9. The molecule has 3 heteroatoms. The predicted molar refractivity (Wildman–Crippen MR) is 64.2 cm³/mol. The van der Waals surface area contributed by atoms with Crippen LogP contribution in [0.25, 0.3) is 0 Å². The summed E-state index contributed by atoms with van der Waals surface area (Å²) in [5.74, 6) is 0.648. The maximum atomic E-state index is 5.14. The Morgan fingerprint density at radius 2 is 1.67 bits per heavy atom. The molecule has 3 nitrogen and oxygen atoms in total. The first-order chi connectivity index (χ1) is 7.02. The fraction of sp³-hybridized carbons (Fsp3) is 1.00. The van der Waals surface area contributed by atoms with Gasteiger partial charge in [0.25, 0.3) is 0 Å². The van der Waals surface area contributed by atoms with Crippen LogP contribution < -0.4 is 5.32 Å². The highest BCUT2D eigenvalue weighted by Gasteiger charge is 2.23. The van der Waals surface area contributed by atoms with Gasteiger partial charge in [-0.2, -0.15) is 0 Å². The van der Waals surface area contributed by atoms with Crippen LogP contribution >= 0.6 is 0 Å². The minimum absolute atomic E-state index is 0.332. The van der Waals surface area contributed by atoms with Crippen LogP contribution in [0.3, 0.4) is 0 Å². The highest BCUT2D eigenvalue weighted by molar-refractivity contribution is 4.75. The molecule has 0 saturated heterocycles. The number of hydrogen-bond acceptors (Lipinski definition) is 3. The van der Waals surface area contributed by atoms with Gasteiger partial charge in [0, 0.05) is 27.4 Å². The van der Waals surface area contributed by atoms with Crippen LogP contribution in [-0.2, 0) is 9.47 Å². The van der Waals surface area contributed by atoms with Crippen molar-refractivity contribution in [2.24, 2.45) is 11.3 Å². The Morgan fingerprint density at radius 1 is 1.07 bits per heavy atom. The molecular weight excluding hydrogens is 190 g/mol. The summed E-state index contributed by atoms with van der Waals surface area (Å²) in [5, 5.41) is 3.42. The van der Waals surface area contributed by atoms with Gasteiger partial charge < -0.3 is 14.8 Å². The van der Waals surface area contributed by atoms with Gasteiger partial charge in [0.15, 0.2) is 0 Å². The summed E-state index contributed by atoms with van der Waals surface area (Å²) in [6.07, 6.45) is 1.11. The molecule has 0 saturated carbocycles. The van der Waals surface area contributed by atoms with Gasteiger partial charge >= 0.3 is 0 Å². The Morgan fingerprint density at radius 3 is 2.13 bits per heavy atom. The lowest BCUT2D eigenvalue weighted by molar-refractivity contribution is 0.131. The normalized spacial score (nSPS) is 14.2. The Kier molecular flexibility index (Phi) is 8.02. The van der Waals surface area contributed by atoms with Crippen LogP contribution in [0.5, 0.6) is 0 Å². The summed E-state index contributed by atoms with van der Waals surface area (Å²) in [5.41, 5.74) is 0.332. The smallest absolute Gasteiger partial charge is 0.0587 e. The summed E-state index contributed by atoms with van der Waals surface area (Å²) < 4.78 is 10.1. The first-order valence-corrected chi connectivity index (χ1v) is 5.71. The second-order valence-corrected chi connectivity index (χ2v) is 5.04. The van der Waals surface area contributed by atoms with Crippen molar-refractivity contribution >= 4 is 0 Å². The molecule has 1 atom stereocenters. The first-order valence-electron chi connectivity index (χ1n) is 5.71. The zero-order chi connectivity index (χ0) is 11.7. The summed E-state index contributed by atoms with van der Waals surface area (Å²) >= 11 is 0. The van der Waals surface area contributed by atoms with E-state index in [0.717, 1.165) is 32.7 Å². The van der Waals surface area contributed by atoms with Crippen molar-refractivity contribution in [3.63, 3.8) is 0 Å². The molecule has 1 N–H and O–H groups in total. The maximum absolute atomic E-state index is 5.14. The molecule has 0 aliphatic carbocycles. The van der Waals surface area contributed by atoms with E-state index in [2.05, 4.69) is 26.1 Å². The molecule has 1 unspecified atom stereocenters. The average molecular weight is 217 g/mol. The molecule has 0 rings (SSSR count). The summed E-state index contributed by atoms with van der Waals surface area (Å²) in [6.45, 7) is 10.4. The Hall–Kier alpha value is -0.120. The summed E-state index contributed by atoms with van der Waals surface area (Å²) in [4.78, 5) is 0. The van der Waals surface area contributed by atoms with Crippen LogP contribution in [0.2, 0.25) is 0 Å². The number of methoxy groups -OCH3 is 2. The van der Waals surface area contributed by atoms with Gasteiger partial charge in [0.1, 0.15) is 0 Å². The fourth-order valence-corrected chi connectivity index (χ4v) is 1.55. The fourth-order valence-electron chi connectivity index (χ4n) is 1.55. The zero-order valence-corrected chi connectivity index (χ0v) is 10.9. The lowest BCUT2D eigenvalue weighted by Gasteiger charge is -2.31. The third-order valence-electron chi connectivity index (χ3n) is 2.77. The van der Waals surface area contributed by atoms with Gasteiger partial charge in [-0.15, -0.1) is 0 Å². The quantitative estimate of drug-likeness (QED) is 0.630. The number of rotatable bonds is 8. The molecule has 0 aliphatic heterocycles. The van der Waals surface area contributed by atoms with Crippen LogP contribution in [-0.4, -0.2) is 40.5 Å². The largest absolute Gasteiger partial charge is 0.385 e. The van der Waals surface area contributed by atoms with Crippen molar-refractivity contribution in [2.75, 3.05) is 40.5 Å². The molecule has 0 spiro atoms. The van der Waals surface area contributed by atoms with Crippen molar-refractivity contribution in [3.8, 4) is 0 Å². The van der Waals surface area contributed by atoms with Crippen LogP contribution in [0.4, 0.5) is 0 Å². The first kappa shape index (κ1) is 14.9. The Balaban J connectivity index is 3.81. The highest BCUT2D eigenvalue weighted by atomic mass is 16.5. The van der Waals surface area contributed by atoms with E-state index in [4.69, 9.17) is 9.47 Å². The average Bonchev–Trinajstić information content (AvgIpc) is 2.15. The van der Waals surface area contributed by atoms with Gasteiger partial charge in [0.2, 0.25) is 0 Å². The van der Waals surface area contributed by atoms with Crippen molar-refractivity contribution in [2.45, 2.75) is 27.2 Å². The monoisotopic (exact) mass is 217 g/mol. The third kappa shape index (κ3) is 7.77. The minimum atomic E-state index is 0.332. The number of hydrogen-bond donors (Lipinski definition) is 1. The van der Waals surface area contributed by atoms with Gasteiger partial charge in [0.05, 0.1) is 6.61 Å². The van der Waals surface area contributed by atoms with Crippen molar-refractivity contribution in [1.82, 2.24) is 5.32 Å². The molecule has 92 valence electrons. The van der Waals surface area contributed by atoms with E-state index in [0.29, 0.717) is 11.3 Å². The third-order valence-corrected chi connectivity index (χ3v) is 2.77. The number of nitrogens with one attached hydrogen (secondary N) is 1. The topological polar surface area (TPSA) is 30.5 Å². The maximum Gasteiger partial charge on any atom is 0.0587 e. The van der Waals surface area contributed by atoms with E-state index < -0.39 is 0 Å². The van der Waals surface area contributed by atoms with Gasteiger partial charge in [-0.05, 0) is 24.3 Å². The highest BCUT2D eigenvalue weighted by Crippen LogP contribution is 2.27. The van der Waals surface area contributed by atoms with Crippen LogP contribution in [0.15, 0.2) is 0 Å². The van der Waals surface area contributed by atoms with Crippen molar-refractivity contribution in [3.05, 3.63) is 0 Å². The van der Waals surface area contributed by atoms with Crippen LogP contribution in [0.1, 0.15) is 27.2 Å². The standard InChI is InChI=1S/C12H27NO2/c1-12(2,3)11(6-8-14-4)10-13-7-9-15-5/h11,13H,6-10H2,1-5H3. The summed E-state index contributed by atoms with van der Waals surface area (Å²) in [6, 6.07) is 0. The lowest BCUT2D eigenvalue weighted by atomic mass is 9.79. The Labute approximate surface area is 94.5 Å². The van der Waals surface area contributed by atoms with Gasteiger partial charge in [-0.1, -0.05) is 20.8 Å². The minimum Gasteiger partial charge on any atom is -0.385 e. The van der Waals surface area contributed by atoms with E-state index in [-0.39, 0.29) is 0 Å². The molecule has 0 aromatic rings. The van der Waals surface area contributed by atoms with Crippen molar-refractivity contribution < 1.29 is 9.47 Å². The number of ether oxygens (including phenoxy) is 2. The second-order valence-electron chi connectivity index (χ2n) is 5.04. The predicted octanol–water partition coefficient (Wildman–Crippen LogP) is 1.92. The molecule has 0 aromatic heterocycles. The van der Waals surface area contributed by atoms with Gasteiger partial charge in [-0.25, -0.2) is 0 Å². The molecule has 0 aliphatic rings. The lowest BCUT2D eigenvalue weighted by Crippen LogP contribution is -2.34. The summed E-state index contributed by atoms with van der Waals surface area (Å²) in [7, 11) is 3.49. The molecule has 0 heterocycles. The van der Waals surface area contributed by atoms with E-state index in [9.17, 15) is 0 Å². The van der Waals surface area contributed by atoms with E-state index in [1.807, 2.05) is 0 Å². The molecule has 0 radical (unpaired) electrons. The molecular formula is C12H27NO2. The molecule has 0 amide bonds. The molecule has 0 fully saturated rings. The van der Waals surface area contributed by atoms with Crippen molar-refractivity contribution in [1.29, 1.82) is 0 Å². The van der Waals surface area contributed by atoms with E-state index in [1.54, 1.807) is 14.2 Å². The Bertz CT molecular complexity index is 143. The SMILES string of the molecule is COCCNCC(CCOC)C(C)(C)C. The second kappa shape index (κ2) is 8.08. The van der Waals surface area contributed by atoms with E-state index in [1.165, 1.54) is 0 Å². The van der Waals surface area contributed by atoms with Gasteiger partial charge in [-0.3, -0.25) is 0 Å².